The first kappa shape index (κ1) is 13.8. The zero-order chi connectivity index (χ0) is 13.8. The van der Waals surface area contributed by atoms with E-state index in [0.717, 1.165) is 13.2 Å². The molecule has 2 heteroatoms. The van der Waals surface area contributed by atoms with Crippen molar-refractivity contribution in [1.82, 2.24) is 5.32 Å². The van der Waals surface area contributed by atoms with Gasteiger partial charge in [-0.25, -0.2) is 0 Å². The normalized spacial score (nSPS) is 23.4. The number of hydrogen-bond donors (Lipinski definition) is 1. The van der Waals surface area contributed by atoms with Crippen LogP contribution in [0.25, 0.3) is 0 Å². The monoisotopic (exact) mass is 271 g/mol. The maximum Gasteiger partial charge on any atom is 0.0725 e. The summed E-state index contributed by atoms with van der Waals surface area (Å²) < 4.78 is 5.53. The topological polar surface area (TPSA) is 21.3 Å². The van der Waals surface area contributed by atoms with Gasteiger partial charge in [-0.3, -0.25) is 0 Å². The number of likely N-dealkylation sites (N-methyl/N-ethyl adjacent to an activating group) is 1. The van der Waals surface area contributed by atoms with Crippen LogP contribution in [0, 0.1) is 0 Å². The highest BCUT2D eigenvalue weighted by atomic mass is 16.5. The van der Waals surface area contributed by atoms with Crippen LogP contribution < -0.4 is 5.32 Å². The van der Waals surface area contributed by atoms with Crippen LogP contribution in [0.4, 0.5) is 0 Å². The lowest BCUT2D eigenvalue weighted by atomic mass is 9.90. The first-order valence-electron chi connectivity index (χ1n) is 7.94. The molecular weight excluding hydrogens is 246 g/mol. The number of fused-ring (bicyclic) bond motifs is 1. The molecule has 1 aromatic carbocycles. The summed E-state index contributed by atoms with van der Waals surface area (Å²) >= 11 is 0. The average molecular weight is 271 g/mol. The van der Waals surface area contributed by atoms with Gasteiger partial charge in [0.1, 0.15) is 0 Å². The van der Waals surface area contributed by atoms with E-state index in [2.05, 4.69) is 36.6 Å². The highest BCUT2D eigenvalue weighted by Crippen LogP contribution is 2.31. The Morgan fingerprint density at radius 3 is 2.80 bits per heavy atom. The van der Waals surface area contributed by atoms with Crippen molar-refractivity contribution in [2.24, 2.45) is 0 Å². The maximum atomic E-state index is 5.53. The minimum atomic E-state index is 0.374. The Kier molecular flexibility index (Phi) is 4.54. The van der Waals surface area contributed by atoms with E-state index in [4.69, 9.17) is 4.74 Å². The third kappa shape index (κ3) is 2.97. The fourth-order valence-corrected chi connectivity index (χ4v) is 3.42. The molecule has 2 aliphatic rings. The molecule has 0 fully saturated rings. The van der Waals surface area contributed by atoms with Crippen LogP contribution in [0.5, 0.6) is 0 Å². The van der Waals surface area contributed by atoms with Crippen molar-refractivity contribution >= 4 is 0 Å². The molecule has 108 valence electrons. The van der Waals surface area contributed by atoms with Gasteiger partial charge in [-0.2, -0.15) is 0 Å². The van der Waals surface area contributed by atoms with Crippen molar-refractivity contribution < 1.29 is 4.74 Å². The second kappa shape index (κ2) is 6.55. The van der Waals surface area contributed by atoms with E-state index in [-0.39, 0.29) is 0 Å². The van der Waals surface area contributed by atoms with Gasteiger partial charge in [-0.15, -0.1) is 0 Å². The molecule has 1 aliphatic carbocycles. The summed E-state index contributed by atoms with van der Waals surface area (Å²) in [6.45, 7) is 1.56. The predicted octanol–water partition coefficient (Wildman–Crippen LogP) is 4.26. The molecule has 3 rings (SSSR count). The zero-order valence-corrected chi connectivity index (χ0v) is 12.5. The van der Waals surface area contributed by atoms with Crippen molar-refractivity contribution in [3.8, 4) is 0 Å². The van der Waals surface area contributed by atoms with Crippen LogP contribution in [0.2, 0.25) is 0 Å². The molecule has 1 atom stereocenters. The molecule has 0 radical (unpaired) electrons. The molecule has 0 saturated carbocycles. The minimum absolute atomic E-state index is 0.374. The van der Waals surface area contributed by atoms with E-state index >= 15 is 0 Å². The van der Waals surface area contributed by atoms with Gasteiger partial charge >= 0.3 is 0 Å². The predicted molar refractivity (Wildman–Crippen MR) is 82.5 cm³/mol. The first-order chi connectivity index (χ1) is 9.88. The molecule has 2 nitrogen and oxygen atoms in total. The average Bonchev–Trinajstić information content (AvgIpc) is 2.89. The number of ether oxygens (including phenoxy) is 1. The Morgan fingerprint density at radius 2 is 1.90 bits per heavy atom. The quantitative estimate of drug-likeness (QED) is 0.829. The number of benzene rings is 1. The summed E-state index contributed by atoms with van der Waals surface area (Å²) in [7, 11) is 2.08. The third-order valence-electron chi connectivity index (χ3n) is 4.56. The molecule has 1 aromatic rings. The molecule has 0 saturated heterocycles. The van der Waals surface area contributed by atoms with Gasteiger partial charge in [0.15, 0.2) is 0 Å². The van der Waals surface area contributed by atoms with Crippen LogP contribution in [0.15, 0.2) is 29.8 Å². The van der Waals surface area contributed by atoms with E-state index in [0.29, 0.717) is 6.04 Å². The molecule has 1 unspecified atom stereocenters. The van der Waals surface area contributed by atoms with E-state index in [1.54, 1.807) is 5.57 Å². The highest BCUT2D eigenvalue weighted by Gasteiger charge is 2.18. The van der Waals surface area contributed by atoms with Crippen molar-refractivity contribution in [2.45, 2.75) is 57.8 Å². The van der Waals surface area contributed by atoms with Crippen molar-refractivity contribution in [3.63, 3.8) is 0 Å². The summed E-state index contributed by atoms with van der Waals surface area (Å²) in [5, 5.41) is 3.52. The number of hydrogen-bond acceptors (Lipinski definition) is 2. The maximum absolute atomic E-state index is 5.53. The lowest BCUT2D eigenvalue weighted by Gasteiger charge is -2.23. The fourth-order valence-electron chi connectivity index (χ4n) is 3.42. The molecular formula is C18H25NO. The van der Waals surface area contributed by atoms with Gasteiger partial charge < -0.3 is 10.1 Å². The Labute approximate surface area is 122 Å². The van der Waals surface area contributed by atoms with E-state index in [1.807, 2.05) is 0 Å². The lowest BCUT2D eigenvalue weighted by Crippen LogP contribution is -2.19. The van der Waals surface area contributed by atoms with Crippen LogP contribution >= 0.6 is 0 Å². The molecule has 0 bridgehead atoms. The molecule has 0 amide bonds. The Hall–Kier alpha value is -1.12. The Bertz CT molecular complexity index is 492. The number of nitrogens with one attached hydrogen (secondary N) is 1. The van der Waals surface area contributed by atoms with Crippen LogP contribution in [-0.4, -0.2) is 7.05 Å². The van der Waals surface area contributed by atoms with Crippen molar-refractivity contribution in [1.29, 1.82) is 0 Å². The Balaban J connectivity index is 1.84. The molecule has 1 aliphatic heterocycles. The number of rotatable bonds is 3. The smallest absolute Gasteiger partial charge is 0.0725 e. The van der Waals surface area contributed by atoms with Gasteiger partial charge in [-0.1, -0.05) is 42.7 Å². The second-order valence-electron chi connectivity index (χ2n) is 5.97. The molecule has 0 spiro atoms. The standard InChI is InChI=1S/C18H25NO/c1-19-18(14-7-5-3-2-4-6-8-14)15-9-10-16-12-20-13-17(16)11-15/h7,9-11,18-19H,2-6,8,12-13H2,1H3/b14-7+. The molecule has 0 aromatic heterocycles. The molecule has 20 heavy (non-hydrogen) atoms. The second-order valence-corrected chi connectivity index (χ2v) is 5.97. The van der Waals surface area contributed by atoms with Crippen LogP contribution in [0.1, 0.15) is 61.3 Å². The van der Waals surface area contributed by atoms with Gasteiger partial charge in [0.25, 0.3) is 0 Å². The summed E-state index contributed by atoms with van der Waals surface area (Å²) in [6.07, 6.45) is 10.4. The van der Waals surface area contributed by atoms with Crippen molar-refractivity contribution in [2.75, 3.05) is 7.05 Å². The van der Waals surface area contributed by atoms with E-state index in [9.17, 15) is 0 Å². The van der Waals surface area contributed by atoms with Gasteiger partial charge in [0, 0.05) is 0 Å². The lowest BCUT2D eigenvalue weighted by molar-refractivity contribution is 0.134. The first-order valence-corrected chi connectivity index (χ1v) is 7.94. The van der Waals surface area contributed by atoms with Gasteiger partial charge in [0.2, 0.25) is 0 Å². The molecule has 1 heterocycles. The summed E-state index contributed by atoms with van der Waals surface area (Å²) in [5.41, 5.74) is 5.69. The van der Waals surface area contributed by atoms with E-state index < -0.39 is 0 Å². The summed E-state index contributed by atoms with van der Waals surface area (Å²) in [5.74, 6) is 0. The van der Waals surface area contributed by atoms with Crippen LogP contribution in [0.3, 0.4) is 0 Å². The fraction of sp³-hybridized carbons (Fsp3) is 0.556. The van der Waals surface area contributed by atoms with Crippen molar-refractivity contribution in [3.05, 3.63) is 46.5 Å². The van der Waals surface area contributed by atoms with E-state index in [1.165, 1.54) is 55.2 Å². The van der Waals surface area contributed by atoms with Gasteiger partial charge in [-0.05, 0) is 49.4 Å². The van der Waals surface area contributed by atoms with Gasteiger partial charge in [0.05, 0.1) is 19.3 Å². The largest absolute Gasteiger partial charge is 0.372 e. The zero-order valence-electron chi connectivity index (χ0n) is 12.5. The highest BCUT2D eigenvalue weighted by molar-refractivity contribution is 5.37. The summed E-state index contributed by atoms with van der Waals surface area (Å²) in [4.78, 5) is 0. The Morgan fingerprint density at radius 1 is 1.05 bits per heavy atom. The third-order valence-corrected chi connectivity index (χ3v) is 4.56. The molecule has 1 N–H and O–H groups in total. The van der Waals surface area contributed by atoms with Crippen LogP contribution in [-0.2, 0) is 18.0 Å². The SMILES string of the molecule is CNC(/C1=C/CCCCCC1)c1ccc2c(c1)COC2. The summed E-state index contributed by atoms with van der Waals surface area (Å²) in [6, 6.07) is 7.22. The minimum Gasteiger partial charge on any atom is -0.372 e. The number of allylic oxidation sites excluding steroid dienone is 1.